The maximum atomic E-state index is 11.2. The highest BCUT2D eigenvalue weighted by molar-refractivity contribution is 9.10. The van der Waals surface area contributed by atoms with Gasteiger partial charge in [-0.15, -0.1) is 11.8 Å². The Kier molecular flexibility index (Phi) is 5.19. The topological polar surface area (TPSA) is 76.2 Å². The summed E-state index contributed by atoms with van der Waals surface area (Å²) in [7, 11) is 0. The molecule has 106 valence electrons. The Labute approximate surface area is 128 Å². The predicted molar refractivity (Wildman–Crippen MR) is 79.0 cm³/mol. The molecule has 0 spiro atoms. The van der Waals surface area contributed by atoms with Gasteiger partial charge in [-0.05, 0) is 24.6 Å². The molecule has 1 aromatic carbocycles. The molecule has 0 aliphatic carbocycles. The summed E-state index contributed by atoms with van der Waals surface area (Å²) < 4.78 is 5.93. The Morgan fingerprint density at radius 1 is 1.50 bits per heavy atom. The molecule has 0 amide bonds. The Bertz CT molecular complexity index is 615. The van der Waals surface area contributed by atoms with Gasteiger partial charge in [-0.1, -0.05) is 28.0 Å². The van der Waals surface area contributed by atoms with Crippen LogP contribution in [0, 0.1) is 0 Å². The highest BCUT2D eigenvalue weighted by Crippen LogP contribution is 2.28. The molecule has 0 aliphatic heterocycles. The van der Waals surface area contributed by atoms with Crippen LogP contribution >= 0.6 is 27.7 Å². The van der Waals surface area contributed by atoms with E-state index < -0.39 is 5.97 Å². The van der Waals surface area contributed by atoms with Gasteiger partial charge in [0.2, 0.25) is 5.89 Å². The molecule has 0 fully saturated rings. The van der Waals surface area contributed by atoms with Gasteiger partial charge < -0.3 is 9.63 Å². The summed E-state index contributed by atoms with van der Waals surface area (Å²) >= 11 is 4.72. The van der Waals surface area contributed by atoms with E-state index >= 15 is 0 Å². The number of nitrogens with zero attached hydrogens (tertiary/aromatic N) is 2. The average molecular weight is 357 g/mol. The van der Waals surface area contributed by atoms with Gasteiger partial charge in [0.25, 0.3) is 0 Å². The molecule has 7 heteroatoms. The Morgan fingerprint density at radius 2 is 2.30 bits per heavy atom. The van der Waals surface area contributed by atoms with Gasteiger partial charge in [-0.25, -0.2) is 4.79 Å². The second-order valence-corrected chi connectivity index (χ2v) is 6.02. The number of aryl methyl sites for hydroxylation is 1. The van der Waals surface area contributed by atoms with Crippen molar-refractivity contribution in [2.24, 2.45) is 0 Å². The molecule has 0 atom stereocenters. The molecule has 0 bridgehead atoms. The fraction of sp³-hybridized carbons (Fsp3) is 0.308. The fourth-order valence-electron chi connectivity index (χ4n) is 1.60. The van der Waals surface area contributed by atoms with Crippen molar-refractivity contribution in [3.05, 3.63) is 40.0 Å². The van der Waals surface area contributed by atoms with Gasteiger partial charge >= 0.3 is 5.97 Å². The zero-order valence-corrected chi connectivity index (χ0v) is 13.2. The maximum Gasteiger partial charge on any atom is 0.336 e. The minimum atomic E-state index is -0.945. The summed E-state index contributed by atoms with van der Waals surface area (Å²) in [5.74, 6) is 0.731. The normalized spacial score (nSPS) is 10.7. The number of thioether (sulfide) groups is 1. The molecule has 20 heavy (non-hydrogen) atoms. The first-order valence-corrected chi connectivity index (χ1v) is 7.85. The Hall–Kier alpha value is -1.34. The summed E-state index contributed by atoms with van der Waals surface area (Å²) in [6.45, 7) is 2.04. The quantitative estimate of drug-likeness (QED) is 0.793. The predicted octanol–water partition coefficient (Wildman–Crippen LogP) is 3.78. The van der Waals surface area contributed by atoms with Gasteiger partial charge in [-0.3, -0.25) is 0 Å². The third-order valence-corrected chi connectivity index (χ3v) is 4.05. The molecule has 0 radical (unpaired) electrons. The summed E-state index contributed by atoms with van der Waals surface area (Å²) in [5.41, 5.74) is 0.274. The van der Waals surface area contributed by atoms with Crippen molar-refractivity contribution in [3.63, 3.8) is 0 Å². The molecule has 0 unspecified atom stereocenters. The monoisotopic (exact) mass is 356 g/mol. The third kappa shape index (κ3) is 3.83. The Balaban J connectivity index is 2.09. The molecule has 1 heterocycles. The van der Waals surface area contributed by atoms with Crippen LogP contribution in [0.1, 0.15) is 35.4 Å². The van der Waals surface area contributed by atoms with E-state index in [1.807, 2.05) is 6.92 Å². The van der Waals surface area contributed by atoms with Crippen molar-refractivity contribution in [2.75, 3.05) is 0 Å². The molecule has 0 aliphatic rings. The molecule has 5 nitrogen and oxygen atoms in total. The summed E-state index contributed by atoms with van der Waals surface area (Å²) in [5, 5.41) is 13.0. The summed E-state index contributed by atoms with van der Waals surface area (Å²) in [6.07, 6.45) is 1.71. The summed E-state index contributed by atoms with van der Waals surface area (Å²) in [6, 6.07) is 5.07. The number of carbonyl (C=O) groups is 1. The number of hydrogen-bond acceptors (Lipinski definition) is 5. The lowest BCUT2D eigenvalue weighted by molar-refractivity contribution is 0.0693. The molecular formula is C13H13BrN2O3S. The van der Waals surface area contributed by atoms with E-state index in [2.05, 4.69) is 26.1 Å². The zero-order chi connectivity index (χ0) is 14.5. The zero-order valence-electron chi connectivity index (χ0n) is 10.8. The van der Waals surface area contributed by atoms with E-state index in [9.17, 15) is 4.79 Å². The van der Waals surface area contributed by atoms with Crippen LogP contribution in [-0.4, -0.2) is 21.2 Å². The lowest BCUT2D eigenvalue weighted by atomic mass is 10.2. The number of carboxylic acid groups (broad SMARTS) is 1. The third-order valence-electron chi connectivity index (χ3n) is 2.50. The van der Waals surface area contributed by atoms with Crippen LogP contribution in [0.5, 0.6) is 0 Å². The number of aromatic carboxylic acids is 1. The van der Waals surface area contributed by atoms with Gasteiger partial charge in [0.05, 0.1) is 11.3 Å². The van der Waals surface area contributed by atoms with Gasteiger partial charge in [0, 0.05) is 15.8 Å². The standard InChI is InChI=1S/C13H13BrN2O3S/c1-2-3-12-15-11(16-19-12)7-20-10-6-8(14)4-5-9(10)13(17)18/h4-6H,2-3,7H2,1H3,(H,17,18). The molecular weight excluding hydrogens is 344 g/mol. The molecule has 2 aromatic rings. The second-order valence-electron chi connectivity index (χ2n) is 4.09. The lowest BCUT2D eigenvalue weighted by Crippen LogP contribution is -1.99. The van der Waals surface area contributed by atoms with Gasteiger partial charge in [0.1, 0.15) is 0 Å². The van der Waals surface area contributed by atoms with E-state index in [0.717, 1.165) is 17.3 Å². The van der Waals surface area contributed by atoms with Crippen LogP contribution in [0.2, 0.25) is 0 Å². The first-order valence-electron chi connectivity index (χ1n) is 6.07. The molecule has 1 aromatic heterocycles. The van der Waals surface area contributed by atoms with Crippen LogP contribution in [-0.2, 0) is 12.2 Å². The summed E-state index contributed by atoms with van der Waals surface area (Å²) in [4.78, 5) is 16.1. The number of benzene rings is 1. The number of rotatable bonds is 6. The van der Waals surface area contributed by atoms with Crippen LogP contribution in [0.4, 0.5) is 0 Å². The largest absolute Gasteiger partial charge is 0.478 e. The van der Waals surface area contributed by atoms with Crippen LogP contribution in [0.15, 0.2) is 32.1 Å². The number of halogens is 1. The SMILES string of the molecule is CCCc1nc(CSc2cc(Br)ccc2C(=O)O)no1. The van der Waals surface area contributed by atoms with E-state index in [-0.39, 0.29) is 5.56 Å². The average Bonchev–Trinajstić information content (AvgIpc) is 2.84. The number of carboxylic acids is 1. The van der Waals surface area contributed by atoms with Gasteiger partial charge in [0.15, 0.2) is 5.82 Å². The van der Waals surface area contributed by atoms with E-state index in [1.165, 1.54) is 11.8 Å². The second kappa shape index (κ2) is 6.90. The van der Waals surface area contributed by atoms with Crippen molar-refractivity contribution in [2.45, 2.75) is 30.4 Å². The first kappa shape index (κ1) is 15.1. The van der Waals surface area contributed by atoms with Gasteiger partial charge in [-0.2, -0.15) is 4.98 Å². The van der Waals surface area contributed by atoms with Crippen LogP contribution in [0.3, 0.4) is 0 Å². The maximum absolute atomic E-state index is 11.2. The highest BCUT2D eigenvalue weighted by Gasteiger charge is 2.13. The van der Waals surface area contributed by atoms with Crippen molar-refractivity contribution in [1.29, 1.82) is 0 Å². The molecule has 0 saturated heterocycles. The Morgan fingerprint density at radius 3 is 3.00 bits per heavy atom. The van der Waals surface area contributed by atoms with Crippen molar-refractivity contribution in [1.82, 2.24) is 10.1 Å². The highest BCUT2D eigenvalue weighted by atomic mass is 79.9. The lowest BCUT2D eigenvalue weighted by Gasteiger charge is -2.04. The molecule has 0 saturated carbocycles. The first-order chi connectivity index (χ1) is 9.60. The van der Waals surface area contributed by atoms with E-state index in [0.29, 0.717) is 22.4 Å². The molecule has 2 rings (SSSR count). The van der Waals surface area contributed by atoms with Crippen molar-refractivity contribution >= 4 is 33.7 Å². The van der Waals surface area contributed by atoms with Crippen molar-refractivity contribution in [3.8, 4) is 0 Å². The van der Waals surface area contributed by atoms with E-state index in [4.69, 9.17) is 9.63 Å². The minimum absolute atomic E-state index is 0.274. The van der Waals surface area contributed by atoms with E-state index in [1.54, 1.807) is 18.2 Å². The fourth-order valence-corrected chi connectivity index (χ4v) is 3.03. The van der Waals surface area contributed by atoms with Crippen LogP contribution in [0.25, 0.3) is 0 Å². The minimum Gasteiger partial charge on any atom is -0.478 e. The number of hydrogen-bond donors (Lipinski definition) is 1. The van der Waals surface area contributed by atoms with Crippen LogP contribution < -0.4 is 0 Å². The van der Waals surface area contributed by atoms with Crippen molar-refractivity contribution < 1.29 is 14.4 Å². The smallest absolute Gasteiger partial charge is 0.336 e. The molecule has 1 N–H and O–H groups in total. The number of aromatic nitrogens is 2.